The average Bonchev–Trinajstić information content (AvgIpc) is 3.14. The molecule has 0 saturated carbocycles. The highest BCUT2D eigenvalue weighted by atomic mass is 32.1. The summed E-state index contributed by atoms with van der Waals surface area (Å²) in [7, 11) is 0. The smallest absolute Gasteiger partial charge is 0.179 e. The summed E-state index contributed by atoms with van der Waals surface area (Å²) in [5.41, 5.74) is 1.50. The summed E-state index contributed by atoms with van der Waals surface area (Å²) >= 11 is 1.36. The summed E-state index contributed by atoms with van der Waals surface area (Å²) in [5.74, 6) is -0.0847. The van der Waals surface area contributed by atoms with E-state index in [-0.39, 0.29) is 17.9 Å². The summed E-state index contributed by atoms with van der Waals surface area (Å²) in [6.45, 7) is 3.84. The summed E-state index contributed by atoms with van der Waals surface area (Å²) in [6, 6.07) is 3.35. The standard InChI is InChI=1S/C20H18F2N4O2S/c1-9-18-25-24-10(2)26(18)19-15(12-7-6-11(27)8-28-20(12)29-19)17(23-9)16-13(21)4-3-5-14(16)22/h3-5,9,11,27H,6-8H2,1-2H3/t9-,11?/m0/s1. The van der Waals surface area contributed by atoms with Crippen LogP contribution in [0.1, 0.15) is 47.7 Å². The SMILES string of the molecule is Cc1nnc2n1-c1sc3c(c1C(c1c(F)cccc1F)=N[C@H]2C)CCC(O)CO3. The van der Waals surface area contributed by atoms with Crippen molar-refractivity contribution in [3.05, 3.63) is 58.2 Å². The third-order valence-electron chi connectivity index (χ3n) is 5.27. The first-order chi connectivity index (χ1) is 14.0. The molecule has 2 aliphatic rings. The molecule has 0 spiro atoms. The Hall–Kier alpha value is -2.65. The first-order valence-corrected chi connectivity index (χ1v) is 10.2. The van der Waals surface area contributed by atoms with Crippen LogP contribution < -0.4 is 4.74 Å². The number of aromatic nitrogens is 3. The minimum Gasteiger partial charge on any atom is -0.481 e. The van der Waals surface area contributed by atoms with Crippen LogP contribution in [-0.4, -0.2) is 38.3 Å². The van der Waals surface area contributed by atoms with Crippen molar-refractivity contribution in [1.82, 2.24) is 14.8 Å². The van der Waals surface area contributed by atoms with Crippen LogP contribution in [0.4, 0.5) is 8.78 Å². The van der Waals surface area contributed by atoms with E-state index in [1.807, 2.05) is 18.4 Å². The maximum Gasteiger partial charge on any atom is 0.179 e. The van der Waals surface area contributed by atoms with Gasteiger partial charge in [0.15, 0.2) is 10.9 Å². The molecule has 1 N–H and O–H groups in total. The van der Waals surface area contributed by atoms with Crippen molar-refractivity contribution in [3.8, 4) is 10.1 Å². The van der Waals surface area contributed by atoms with Gasteiger partial charge in [-0.2, -0.15) is 0 Å². The highest BCUT2D eigenvalue weighted by molar-refractivity contribution is 7.17. The number of aliphatic hydroxyl groups excluding tert-OH is 1. The van der Waals surface area contributed by atoms with Crippen molar-refractivity contribution in [3.63, 3.8) is 0 Å². The number of hydrogen-bond donors (Lipinski definition) is 1. The number of ether oxygens (including phenoxy) is 1. The number of benzene rings is 1. The van der Waals surface area contributed by atoms with Crippen LogP contribution in [0, 0.1) is 18.6 Å². The second-order valence-corrected chi connectivity index (χ2v) is 8.20. The molecule has 9 heteroatoms. The minimum absolute atomic E-state index is 0.164. The molecule has 0 saturated heterocycles. The molecule has 0 amide bonds. The molecule has 2 aliphatic heterocycles. The molecule has 1 aromatic carbocycles. The topological polar surface area (TPSA) is 72.5 Å². The van der Waals surface area contributed by atoms with E-state index in [1.165, 1.54) is 29.5 Å². The molecule has 29 heavy (non-hydrogen) atoms. The molecule has 4 heterocycles. The summed E-state index contributed by atoms with van der Waals surface area (Å²) in [6.07, 6.45) is 0.419. The Morgan fingerprint density at radius 2 is 1.97 bits per heavy atom. The van der Waals surface area contributed by atoms with Gasteiger partial charge in [0.2, 0.25) is 0 Å². The van der Waals surface area contributed by atoms with E-state index in [4.69, 9.17) is 9.73 Å². The first-order valence-electron chi connectivity index (χ1n) is 9.37. The lowest BCUT2D eigenvalue weighted by atomic mass is 9.96. The lowest BCUT2D eigenvalue weighted by Crippen LogP contribution is -2.15. The Morgan fingerprint density at radius 3 is 2.72 bits per heavy atom. The van der Waals surface area contributed by atoms with Gasteiger partial charge < -0.3 is 9.84 Å². The number of thiophene rings is 1. The van der Waals surface area contributed by atoms with Gasteiger partial charge in [0, 0.05) is 11.1 Å². The second kappa shape index (κ2) is 6.70. The van der Waals surface area contributed by atoms with Crippen LogP contribution in [-0.2, 0) is 6.42 Å². The summed E-state index contributed by atoms with van der Waals surface area (Å²) in [4.78, 5) is 4.70. The van der Waals surface area contributed by atoms with Crippen molar-refractivity contribution in [2.24, 2.45) is 4.99 Å². The van der Waals surface area contributed by atoms with Crippen LogP contribution >= 0.6 is 11.3 Å². The van der Waals surface area contributed by atoms with E-state index in [9.17, 15) is 13.9 Å². The lowest BCUT2D eigenvalue weighted by molar-refractivity contribution is 0.109. The summed E-state index contributed by atoms with van der Waals surface area (Å²) in [5, 5.41) is 19.8. The lowest BCUT2D eigenvalue weighted by Gasteiger charge is -2.12. The van der Waals surface area contributed by atoms with Crippen molar-refractivity contribution in [1.29, 1.82) is 0 Å². The van der Waals surface area contributed by atoms with Crippen LogP contribution in [0.3, 0.4) is 0 Å². The predicted octanol–water partition coefficient (Wildman–Crippen LogP) is 3.51. The molecular weight excluding hydrogens is 398 g/mol. The fourth-order valence-electron chi connectivity index (χ4n) is 3.87. The Labute approximate surface area is 169 Å². The molecule has 150 valence electrons. The second-order valence-electron chi connectivity index (χ2n) is 7.24. The van der Waals surface area contributed by atoms with Crippen molar-refractivity contribution < 1.29 is 18.6 Å². The molecule has 3 aromatic rings. The minimum atomic E-state index is -0.675. The highest BCUT2D eigenvalue weighted by Gasteiger charge is 2.35. The largest absolute Gasteiger partial charge is 0.481 e. The van der Waals surface area contributed by atoms with Crippen LogP contribution in [0.25, 0.3) is 5.00 Å². The Morgan fingerprint density at radius 1 is 1.21 bits per heavy atom. The maximum atomic E-state index is 14.8. The number of aliphatic hydroxyl groups is 1. The van der Waals surface area contributed by atoms with E-state index in [0.29, 0.717) is 35.1 Å². The van der Waals surface area contributed by atoms with Gasteiger partial charge in [0.25, 0.3) is 0 Å². The van der Waals surface area contributed by atoms with E-state index in [2.05, 4.69) is 10.2 Å². The number of halogens is 2. The van der Waals surface area contributed by atoms with Crippen LogP contribution in [0.2, 0.25) is 0 Å². The fraction of sp³-hybridized carbons (Fsp3) is 0.350. The predicted molar refractivity (Wildman–Crippen MR) is 104 cm³/mol. The zero-order valence-corrected chi connectivity index (χ0v) is 16.6. The number of rotatable bonds is 1. The van der Waals surface area contributed by atoms with E-state index in [1.54, 1.807) is 0 Å². The van der Waals surface area contributed by atoms with Gasteiger partial charge in [0.05, 0.1) is 17.4 Å². The third-order valence-corrected chi connectivity index (χ3v) is 6.40. The molecule has 6 nitrogen and oxygen atoms in total. The number of hydrogen-bond acceptors (Lipinski definition) is 6. The van der Waals surface area contributed by atoms with Gasteiger partial charge in [-0.25, -0.2) is 8.78 Å². The van der Waals surface area contributed by atoms with E-state index in [0.717, 1.165) is 10.6 Å². The maximum absolute atomic E-state index is 14.8. The van der Waals surface area contributed by atoms with Gasteiger partial charge in [-0.3, -0.25) is 9.56 Å². The number of aliphatic imine (C=N–C) groups is 1. The van der Waals surface area contributed by atoms with Gasteiger partial charge in [-0.1, -0.05) is 17.4 Å². The van der Waals surface area contributed by atoms with Crippen molar-refractivity contribution in [2.75, 3.05) is 6.61 Å². The van der Waals surface area contributed by atoms with Gasteiger partial charge in [0.1, 0.15) is 35.1 Å². The molecule has 2 aromatic heterocycles. The van der Waals surface area contributed by atoms with Crippen LogP contribution in [0.5, 0.6) is 5.06 Å². The van der Waals surface area contributed by atoms with Crippen molar-refractivity contribution >= 4 is 17.0 Å². The fourth-order valence-corrected chi connectivity index (χ4v) is 5.14. The zero-order valence-electron chi connectivity index (χ0n) is 15.8. The number of fused-ring (bicyclic) bond motifs is 5. The van der Waals surface area contributed by atoms with Gasteiger partial charge >= 0.3 is 0 Å². The van der Waals surface area contributed by atoms with E-state index < -0.39 is 23.8 Å². The number of aryl methyl sites for hydroxylation is 1. The Bertz CT molecular complexity index is 1130. The van der Waals surface area contributed by atoms with Gasteiger partial charge in [-0.05, 0) is 38.8 Å². The van der Waals surface area contributed by atoms with Crippen molar-refractivity contribution in [2.45, 2.75) is 38.8 Å². The Balaban J connectivity index is 1.84. The molecule has 0 radical (unpaired) electrons. The molecule has 0 bridgehead atoms. The molecule has 1 unspecified atom stereocenters. The summed E-state index contributed by atoms with van der Waals surface area (Å²) < 4.78 is 37.3. The average molecular weight is 416 g/mol. The van der Waals surface area contributed by atoms with Gasteiger partial charge in [-0.15, -0.1) is 10.2 Å². The normalized spacial score (nSPS) is 20.7. The highest BCUT2D eigenvalue weighted by Crippen LogP contribution is 2.45. The quantitative estimate of drug-likeness (QED) is 0.659. The monoisotopic (exact) mass is 416 g/mol. The molecule has 0 aliphatic carbocycles. The zero-order chi connectivity index (χ0) is 20.3. The molecule has 2 atom stereocenters. The number of nitrogens with zero attached hydrogens (tertiary/aromatic N) is 4. The molecule has 5 rings (SSSR count). The molecule has 0 fully saturated rings. The van der Waals surface area contributed by atoms with Crippen LogP contribution in [0.15, 0.2) is 23.2 Å². The first kappa shape index (κ1) is 18.4. The third kappa shape index (κ3) is 2.79. The van der Waals surface area contributed by atoms with E-state index >= 15 is 0 Å². The molecular formula is C20H18F2N4O2S. The Kier molecular flexibility index (Phi) is 4.25.